The number of benzene rings is 1. The molecule has 7 heteroatoms. The van der Waals surface area contributed by atoms with Crippen LogP contribution >= 0.6 is 27.5 Å². The second-order valence-electron chi connectivity index (χ2n) is 7.61. The molecule has 3 rings (SSSR count). The van der Waals surface area contributed by atoms with E-state index in [4.69, 9.17) is 21.1 Å². The van der Waals surface area contributed by atoms with Crippen LogP contribution in [0.4, 0.5) is 4.79 Å². The van der Waals surface area contributed by atoms with E-state index in [1.165, 1.54) is 0 Å². The van der Waals surface area contributed by atoms with Gasteiger partial charge in [0.1, 0.15) is 5.60 Å². The Morgan fingerprint density at radius 3 is 2.36 bits per heavy atom. The predicted octanol–water partition coefficient (Wildman–Crippen LogP) is 3.88. The topological polar surface area (TPSA) is 42.0 Å². The van der Waals surface area contributed by atoms with Crippen molar-refractivity contribution in [1.29, 1.82) is 0 Å². The standard InChI is InChI=1S/C18H24BrClN2O3/c1-17(2,3)25-16(23)21-6-8-22(9-7-21)18(11-24-12-18)13-4-5-14(19)15(20)10-13/h4-5,10H,6-9,11-12H2,1-3H3. The molecule has 2 fully saturated rings. The molecule has 0 bridgehead atoms. The molecule has 0 spiro atoms. The van der Waals surface area contributed by atoms with E-state index in [1.807, 2.05) is 32.9 Å². The van der Waals surface area contributed by atoms with Gasteiger partial charge in [-0.2, -0.15) is 0 Å². The van der Waals surface area contributed by atoms with Crippen molar-refractivity contribution in [2.24, 2.45) is 0 Å². The second kappa shape index (κ2) is 7.06. The van der Waals surface area contributed by atoms with Crippen molar-refractivity contribution < 1.29 is 14.3 Å². The Kier molecular flexibility index (Phi) is 5.36. The van der Waals surface area contributed by atoms with E-state index in [9.17, 15) is 4.79 Å². The fourth-order valence-electron chi connectivity index (χ4n) is 3.26. The van der Waals surface area contributed by atoms with E-state index in [-0.39, 0.29) is 11.6 Å². The molecule has 2 aliphatic heterocycles. The van der Waals surface area contributed by atoms with Gasteiger partial charge in [0.25, 0.3) is 0 Å². The molecule has 1 aromatic carbocycles. The second-order valence-corrected chi connectivity index (χ2v) is 8.87. The summed E-state index contributed by atoms with van der Waals surface area (Å²) in [6.07, 6.45) is -0.238. The highest BCUT2D eigenvalue weighted by atomic mass is 79.9. The number of carbonyl (C=O) groups excluding carboxylic acids is 1. The number of nitrogens with zero attached hydrogens (tertiary/aromatic N) is 2. The fourth-order valence-corrected chi connectivity index (χ4v) is 3.68. The van der Waals surface area contributed by atoms with E-state index >= 15 is 0 Å². The molecule has 2 saturated heterocycles. The van der Waals surface area contributed by atoms with Gasteiger partial charge in [-0.25, -0.2) is 4.79 Å². The summed E-state index contributed by atoms with van der Waals surface area (Å²) in [5.41, 5.74) is 0.549. The summed E-state index contributed by atoms with van der Waals surface area (Å²) in [4.78, 5) is 16.4. The molecule has 5 nitrogen and oxygen atoms in total. The largest absolute Gasteiger partial charge is 0.444 e. The van der Waals surface area contributed by atoms with Crippen LogP contribution in [-0.4, -0.2) is 60.9 Å². The van der Waals surface area contributed by atoms with Gasteiger partial charge in [0.15, 0.2) is 0 Å². The summed E-state index contributed by atoms with van der Waals surface area (Å²) < 4.78 is 11.9. The van der Waals surface area contributed by atoms with Crippen molar-refractivity contribution in [3.05, 3.63) is 33.3 Å². The van der Waals surface area contributed by atoms with Gasteiger partial charge in [0.05, 0.1) is 23.8 Å². The van der Waals surface area contributed by atoms with Gasteiger partial charge >= 0.3 is 6.09 Å². The van der Waals surface area contributed by atoms with Crippen molar-refractivity contribution in [3.8, 4) is 0 Å². The quantitative estimate of drug-likeness (QED) is 0.713. The fraction of sp³-hybridized carbons (Fsp3) is 0.611. The Balaban J connectivity index is 1.68. The van der Waals surface area contributed by atoms with Crippen LogP contribution in [-0.2, 0) is 15.0 Å². The van der Waals surface area contributed by atoms with Gasteiger partial charge in [0.2, 0.25) is 0 Å². The minimum absolute atomic E-state index is 0.148. The van der Waals surface area contributed by atoms with Crippen LogP contribution in [0, 0.1) is 0 Å². The molecule has 0 aromatic heterocycles. The van der Waals surface area contributed by atoms with Crippen LogP contribution in [0.5, 0.6) is 0 Å². The summed E-state index contributed by atoms with van der Waals surface area (Å²) in [7, 11) is 0. The SMILES string of the molecule is CC(C)(C)OC(=O)N1CCN(C2(c3ccc(Br)c(Cl)c3)COC2)CC1. The molecule has 0 saturated carbocycles. The van der Waals surface area contributed by atoms with Crippen LogP contribution < -0.4 is 0 Å². The number of hydrogen-bond acceptors (Lipinski definition) is 4. The van der Waals surface area contributed by atoms with Crippen LogP contribution in [0.1, 0.15) is 26.3 Å². The lowest BCUT2D eigenvalue weighted by Crippen LogP contribution is -2.64. The van der Waals surface area contributed by atoms with Gasteiger partial charge in [0, 0.05) is 30.7 Å². The maximum Gasteiger partial charge on any atom is 0.410 e. The molecule has 1 aromatic rings. The Bertz CT molecular complexity index is 650. The Hall–Kier alpha value is -0.820. The third kappa shape index (κ3) is 3.97. The van der Waals surface area contributed by atoms with Crippen molar-refractivity contribution in [2.75, 3.05) is 39.4 Å². The zero-order chi connectivity index (χ0) is 18.2. The Morgan fingerprint density at radius 2 is 1.88 bits per heavy atom. The highest BCUT2D eigenvalue weighted by Crippen LogP contribution is 2.39. The van der Waals surface area contributed by atoms with E-state index in [1.54, 1.807) is 4.90 Å². The van der Waals surface area contributed by atoms with Crippen molar-refractivity contribution in [1.82, 2.24) is 9.80 Å². The molecule has 0 N–H and O–H groups in total. The lowest BCUT2D eigenvalue weighted by atomic mass is 9.85. The number of amides is 1. The molecule has 2 aliphatic rings. The highest BCUT2D eigenvalue weighted by Gasteiger charge is 2.47. The van der Waals surface area contributed by atoms with Gasteiger partial charge in [-0.05, 0) is 54.4 Å². The number of carbonyl (C=O) groups is 1. The molecular formula is C18H24BrClN2O3. The Labute approximate surface area is 162 Å². The summed E-state index contributed by atoms with van der Waals surface area (Å²) >= 11 is 9.74. The monoisotopic (exact) mass is 430 g/mol. The first-order chi connectivity index (χ1) is 11.7. The first-order valence-corrected chi connectivity index (χ1v) is 9.65. The summed E-state index contributed by atoms with van der Waals surface area (Å²) in [5, 5.41) is 0.705. The van der Waals surface area contributed by atoms with E-state index in [0.29, 0.717) is 31.3 Å². The average Bonchev–Trinajstić information content (AvgIpc) is 2.49. The minimum Gasteiger partial charge on any atom is -0.444 e. The molecule has 25 heavy (non-hydrogen) atoms. The van der Waals surface area contributed by atoms with Crippen molar-refractivity contribution in [3.63, 3.8) is 0 Å². The lowest BCUT2D eigenvalue weighted by molar-refractivity contribution is -0.155. The number of halogens is 2. The predicted molar refractivity (Wildman–Crippen MR) is 101 cm³/mol. The molecular weight excluding hydrogens is 408 g/mol. The molecule has 2 heterocycles. The maximum atomic E-state index is 12.2. The average molecular weight is 432 g/mol. The van der Waals surface area contributed by atoms with Crippen LogP contribution in [0.2, 0.25) is 5.02 Å². The molecule has 1 amide bonds. The minimum atomic E-state index is -0.467. The van der Waals surface area contributed by atoms with Crippen molar-refractivity contribution >= 4 is 33.6 Å². The van der Waals surface area contributed by atoms with E-state index < -0.39 is 5.60 Å². The normalized spacial score (nSPS) is 20.9. The van der Waals surface area contributed by atoms with Crippen molar-refractivity contribution in [2.45, 2.75) is 31.9 Å². The molecule has 0 atom stereocenters. The maximum absolute atomic E-state index is 12.2. The summed E-state index contributed by atoms with van der Waals surface area (Å²) in [6, 6.07) is 6.09. The van der Waals surface area contributed by atoms with Gasteiger partial charge in [-0.15, -0.1) is 0 Å². The lowest BCUT2D eigenvalue weighted by Gasteiger charge is -2.52. The van der Waals surface area contributed by atoms with Crippen LogP contribution in [0.25, 0.3) is 0 Å². The van der Waals surface area contributed by atoms with Gasteiger partial charge < -0.3 is 14.4 Å². The Morgan fingerprint density at radius 1 is 1.24 bits per heavy atom. The molecule has 0 radical (unpaired) electrons. The van der Waals surface area contributed by atoms with Crippen LogP contribution in [0.15, 0.2) is 22.7 Å². The number of piperazine rings is 1. The van der Waals surface area contributed by atoms with Crippen LogP contribution in [0.3, 0.4) is 0 Å². The third-order valence-corrected chi connectivity index (χ3v) is 5.91. The first-order valence-electron chi connectivity index (χ1n) is 8.47. The summed E-state index contributed by atoms with van der Waals surface area (Å²) in [5.74, 6) is 0. The molecule has 0 aliphatic carbocycles. The zero-order valence-corrected chi connectivity index (χ0v) is 17.2. The number of hydrogen-bond donors (Lipinski definition) is 0. The number of rotatable bonds is 2. The molecule has 138 valence electrons. The third-order valence-electron chi connectivity index (χ3n) is 4.68. The first kappa shape index (κ1) is 19.0. The zero-order valence-electron chi connectivity index (χ0n) is 14.8. The number of ether oxygens (including phenoxy) is 2. The van der Waals surface area contributed by atoms with E-state index in [2.05, 4.69) is 26.9 Å². The van der Waals surface area contributed by atoms with Gasteiger partial charge in [-0.1, -0.05) is 17.7 Å². The summed E-state index contributed by atoms with van der Waals surface area (Å²) in [6.45, 7) is 9.85. The molecule has 0 unspecified atom stereocenters. The smallest absolute Gasteiger partial charge is 0.410 e. The highest BCUT2D eigenvalue weighted by molar-refractivity contribution is 9.10. The van der Waals surface area contributed by atoms with E-state index in [0.717, 1.165) is 23.1 Å². The van der Waals surface area contributed by atoms with Gasteiger partial charge in [-0.3, -0.25) is 4.90 Å².